The van der Waals surface area contributed by atoms with Gasteiger partial charge in [-0.05, 0) is 13.0 Å². The van der Waals surface area contributed by atoms with E-state index in [0.29, 0.717) is 6.54 Å². The van der Waals surface area contributed by atoms with Crippen LogP contribution in [0.5, 0.6) is 0 Å². The zero-order valence-corrected chi connectivity index (χ0v) is 11.0. The molecule has 3 aromatic rings. The van der Waals surface area contributed by atoms with Gasteiger partial charge >= 0.3 is 0 Å². The van der Waals surface area contributed by atoms with Crippen molar-refractivity contribution < 1.29 is 0 Å². The topological polar surface area (TPSA) is 55.6 Å². The van der Waals surface area contributed by atoms with Crippen LogP contribution in [0.1, 0.15) is 11.4 Å². The molecule has 0 unspecified atom stereocenters. The number of fused-ring (bicyclic) bond motifs is 1. The van der Waals surface area contributed by atoms with Crippen LogP contribution in [0.3, 0.4) is 0 Å². The van der Waals surface area contributed by atoms with Gasteiger partial charge in [0.25, 0.3) is 0 Å². The Bertz CT molecular complexity index is 717. The van der Waals surface area contributed by atoms with E-state index < -0.39 is 0 Å². The molecule has 19 heavy (non-hydrogen) atoms. The number of aryl methyl sites for hydroxylation is 2. The third-order valence-corrected chi connectivity index (χ3v) is 3.08. The second kappa shape index (κ2) is 4.68. The molecule has 0 spiro atoms. The van der Waals surface area contributed by atoms with Crippen molar-refractivity contribution in [3.63, 3.8) is 0 Å². The van der Waals surface area contributed by atoms with Gasteiger partial charge in [0.15, 0.2) is 5.82 Å². The van der Waals surface area contributed by atoms with Crippen LogP contribution >= 0.6 is 0 Å². The van der Waals surface area contributed by atoms with E-state index in [-0.39, 0.29) is 0 Å². The van der Waals surface area contributed by atoms with Gasteiger partial charge in [0, 0.05) is 24.0 Å². The second-order valence-corrected chi connectivity index (χ2v) is 4.51. The van der Waals surface area contributed by atoms with Gasteiger partial charge in [-0.1, -0.05) is 24.3 Å². The number of benzene rings is 1. The van der Waals surface area contributed by atoms with E-state index >= 15 is 0 Å². The standard InChI is InChI=1S/C14H15N5/c1-10-12-5-3-4-6-13(12)14(17-16-10)15-9-11-7-8-19(2)18-11/h3-8H,9H2,1-2H3,(H,15,17). The fourth-order valence-electron chi connectivity index (χ4n) is 2.10. The van der Waals surface area contributed by atoms with Crippen molar-refractivity contribution in [1.82, 2.24) is 20.0 Å². The predicted molar refractivity (Wildman–Crippen MR) is 74.8 cm³/mol. The molecule has 96 valence electrons. The number of aromatic nitrogens is 4. The van der Waals surface area contributed by atoms with Gasteiger partial charge in [0.05, 0.1) is 17.9 Å². The second-order valence-electron chi connectivity index (χ2n) is 4.51. The molecule has 2 heterocycles. The van der Waals surface area contributed by atoms with Gasteiger partial charge in [-0.2, -0.15) is 10.2 Å². The van der Waals surface area contributed by atoms with E-state index in [1.807, 2.05) is 38.4 Å². The first-order chi connectivity index (χ1) is 9.24. The Hall–Kier alpha value is -2.43. The fraction of sp³-hybridized carbons (Fsp3) is 0.214. The molecule has 5 heteroatoms. The Morgan fingerprint density at radius 1 is 1.11 bits per heavy atom. The maximum absolute atomic E-state index is 4.33. The Labute approximate surface area is 111 Å². The summed E-state index contributed by atoms with van der Waals surface area (Å²) in [6.07, 6.45) is 1.93. The molecule has 0 radical (unpaired) electrons. The summed E-state index contributed by atoms with van der Waals surface area (Å²) in [6, 6.07) is 10.1. The lowest BCUT2D eigenvalue weighted by Crippen LogP contribution is -2.05. The Morgan fingerprint density at radius 2 is 1.89 bits per heavy atom. The zero-order chi connectivity index (χ0) is 13.2. The molecule has 0 aliphatic rings. The van der Waals surface area contributed by atoms with Gasteiger partial charge in [-0.3, -0.25) is 4.68 Å². The zero-order valence-electron chi connectivity index (χ0n) is 11.0. The molecule has 1 aromatic carbocycles. The van der Waals surface area contributed by atoms with Gasteiger partial charge in [0.2, 0.25) is 0 Å². The highest BCUT2D eigenvalue weighted by Gasteiger charge is 2.06. The normalized spacial score (nSPS) is 10.8. The summed E-state index contributed by atoms with van der Waals surface area (Å²) in [7, 11) is 1.91. The van der Waals surface area contributed by atoms with E-state index in [4.69, 9.17) is 0 Å². The van der Waals surface area contributed by atoms with Gasteiger partial charge in [0.1, 0.15) is 0 Å². The van der Waals surface area contributed by atoms with E-state index in [1.165, 1.54) is 0 Å². The van der Waals surface area contributed by atoms with Crippen LogP contribution in [-0.2, 0) is 13.6 Å². The first-order valence-electron chi connectivity index (χ1n) is 6.18. The van der Waals surface area contributed by atoms with Crippen molar-refractivity contribution >= 4 is 16.6 Å². The molecule has 0 fully saturated rings. The van der Waals surface area contributed by atoms with Crippen molar-refractivity contribution in [2.24, 2.45) is 7.05 Å². The molecular formula is C14H15N5. The molecule has 0 bridgehead atoms. The van der Waals surface area contributed by atoms with Crippen molar-refractivity contribution in [2.75, 3.05) is 5.32 Å². The van der Waals surface area contributed by atoms with Crippen LogP contribution in [0, 0.1) is 6.92 Å². The fourth-order valence-corrected chi connectivity index (χ4v) is 2.10. The van der Waals surface area contributed by atoms with E-state index in [0.717, 1.165) is 28.0 Å². The smallest absolute Gasteiger partial charge is 0.156 e. The van der Waals surface area contributed by atoms with Crippen LogP contribution in [0.2, 0.25) is 0 Å². The largest absolute Gasteiger partial charge is 0.362 e. The van der Waals surface area contributed by atoms with Gasteiger partial charge in [-0.25, -0.2) is 0 Å². The van der Waals surface area contributed by atoms with E-state index in [2.05, 4.69) is 32.7 Å². The summed E-state index contributed by atoms with van der Waals surface area (Å²) >= 11 is 0. The Kier molecular flexibility index (Phi) is 2.87. The summed E-state index contributed by atoms with van der Waals surface area (Å²) in [6.45, 7) is 2.61. The van der Waals surface area contributed by atoms with E-state index in [9.17, 15) is 0 Å². The highest BCUT2D eigenvalue weighted by atomic mass is 15.3. The summed E-state index contributed by atoms with van der Waals surface area (Å²) in [5.41, 5.74) is 1.92. The summed E-state index contributed by atoms with van der Waals surface area (Å²) < 4.78 is 1.79. The molecule has 1 N–H and O–H groups in total. The SMILES string of the molecule is Cc1nnc(NCc2ccn(C)n2)c2ccccc12. The van der Waals surface area contributed by atoms with Crippen molar-refractivity contribution in [3.8, 4) is 0 Å². The Morgan fingerprint density at radius 3 is 2.63 bits per heavy atom. The molecule has 5 nitrogen and oxygen atoms in total. The number of nitrogens with zero attached hydrogens (tertiary/aromatic N) is 4. The van der Waals surface area contributed by atoms with E-state index in [1.54, 1.807) is 4.68 Å². The first-order valence-corrected chi connectivity index (χ1v) is 6.18. The molecule has 2 aromatic heterocycles. The van der Waals surface area contributed by atoms with Crippen LogP contribution < -0.4 is 5.32 Å². The molecule has 0 aliphatic carbocycles. The molecule has 3 rings (SSSR count). The van der Waals surface area contributed by atoms with Gasteiger partial charge < -0.3 is 5.32 Å². The Balaban J connectivity index is 1.91. The third-order valence-electron chi connectivity index (χ3n) is 3.08. The molecular weight excluding hydrogens is 238 g/mol. The van der Waals surface area contributed by atoms with Crippen LogP contribution in [0.25, 0.3) is 10.8 Å². The summed E-state index contributed by atoms with van der Waals surface area (Å²) in [5.74, 6) is 0.798. The highest BCUT2D eigenvalue weighted by molar-refractivity contribution is 5.92. The average molecular weight is 253 g/mol. The minimum absolute atomic E-state index is 0.641. The minimum Gasteiger partial charge on any atom is -0.362 e. The van der Waals surface area contributed by atoms with Gasteiger partial charge in [-0.15, -0.1) is 5.10 Å². The molecule has 0 atom stereocenters. The van der Waals surface area contributed by atoms with Crippen LogP contribution in [-0.4, -0.2) is 20.0 Å². The number of anilines is 1. The third kappa shape index (κ3) is 2.27. The lowest BCUT2D eigenvalue weighted by atomic mass is 10.1. The minimum atomic E-state index is 0.641. The van der Waals surface area contributed by atoms with Crippen molar-refractivity contribution in [3.05, 3.63) is 47.9 Å². The molecule has 0 saturated carbocycles. The number of rotatable bonds is 3. The summed E-state index contributed by atoms with van der Waals surface area (Å²) in [5, 5.41) is 18.3. The van der Waals surface area contributed by atoms with Crippen LogP contribution in [0.4, 0.5) is 5.82 Å². The van der Waals surface area contributed by atoms with Crippen molar-refractivity contribution in [2.45, 2.75) is 13.5 Å². The maximum Gasteiger partial charge on any atom is 0.156 e. The molecule has 0 amide bonds. The van der Waals surface area contributed by atoms with Crippen LogP contribution in [0.15, 0.2) is 36.5 Å². The monoisotopic (exact) mass is 253 g/mol. The van der Waals surface area contributed by atoms with Crippen molar-refractivity contribution in [1.29, 1.82) is 0 Å². The maximum atomic E-state index is 4.33. The predicted octanol–water partition coefficient (Wildman–Crippen LogP) is 2.28. The summed E-state index contributed by atoms with van der Waals surface area (Å²) in [4.78, 5) is 0. The quantitative estimate of drug-likeness (QED) is 0.778. The molecule has 0 aliphatic heterocycles. The number of nitrogens with one attached hydrogen (secondary N) is 1. The molecule has 0 saturated heterocycles. The number of hydrogen-bond donors (Lipinski definition) is 1. The average Bonchev–Trinajstić information content (AvgIpc) is 2.84. The highest BCUT2D eigenvalue weighted by Crippen LogP contribution is 2.22. The number of hydrogen-bond acceptors (Lipinski definition) is 4. The lowest BCUT2D eigenvalue weighted by molar-refractivity contribution is 0.746. The lowest BCUT2D eigenvalue weighted by Gasteiger charge is -2.08. The first kappa shape index (κ1) is 11.6.